The Bertz CT molecular complexity index is 382. The van der Waals surface area contributed by atoms with E-state index in [0.717, 1.165) is 22.3 Å². The molecular weight excluding hydrogens is 288 g/mol. The SMILES string of the molecule is CN(C)CCOc1cccc(Br)c1C(N)=S. The normalized spacial score (nSPS) is 10.5. The zero-order valence-corrected chi connectivity index (χ0v) is 11.8. The minimum Gasteiger partial charge on any atom is -0.491 e. The first kappa shape index (κ1) is 13.4. The van der Waals surface area contributed by atoms with Gasteiger partial charge in [0.05, 0.1) is 5.56 Å². The van der Waals surface area contributed by atoms with Crippen molar-refractivity contribution in [1.29, 1.82) is 0 Å². The number of benzene rings is 1. The zero-order valence-electron chi connectivity index (χ0n) is 9.37. The molecule has 0 atom stereocenters. The summed E-state index contributed by atoms with van der Waals surface area (Å²) in [6.07, 6.45) is 0. The molecule has 5 heteroatoms. The largest absolute Gasteiger partial charge is 0.491 e. The summed E-state index contributed by atoms with van der Waals surface area (Å²) >= 11 is 8.41. The zero-order chi connectivity index (χ0) is 12.1. The summed E-state index contributed by atoms with van der Waals surface area (Å²) in [7, 11) is 4.00. The molecule has 0 aromatic heterocycles. The lowest BCUT2D eigenvalue weighted by Gasteiger charge is -2.14. The molecule has 0 fully saturated rings. The van der Waals surface area contributed by atoms with Crippen molar-refractivity contribution >= 4 is 33.1 Å². The van der Waals surface area contributed by atoms with E-state index in [1.54, 1.807) is 0 Å². The molecule has 0 heterocycles. The van der Waals surface area contributed by atoms with E-state index < -0.39 is 0 Å². The van der Waals surface area contributed by atoms with Crippen molar-refractivity contribution in [3.63, 3.8) is 0 Å². The molecule has 1 aromatic rings. The molecule has 0 aliphatic carbocycles. The molecule has 16 heavy (non-hydrogen) atoms. The highest BCUT2D eigenvalue weighted by molar-refractivity contribution is 9.10. The third kappa shape index (κ3) is 3.73. The van der Waals surface area contributed by atoms with E-state index in [-0.39, 0.29) is 0 Å². The summed E-state index contributed by atoms with van der Waals surface area (Å²) in [6, 6.07) is 5.67. The number of ether oxygens (including phenoxy) is 1. The third-order valence-electron chi connectivity index (χ3n) is 2.02. The van der Waals surface area contributed by atoms with Gasteiger partial charge >= 0.3 is 0 Å². The summed E-state index contributed by atoms with van der Waals surface area (Å²) in [6.45, 7) is 1.46. The predicted octanol–water partition coefficient (Wildman–Crippen LogP) is 2.02. The van der Waals surface area contributed by atoms with Crippen LogP contribution in [0.15, 0.2) is 22.7 Å². The van der Waals surface area contributed by atoms with E-state index in [0.29, 0.717) is 11.6 Å². The van der Waals surface area contributed by atoms with Crippen molar-refractivity contribution in [2.75, 3.05) is 27.2 Å². The summed E-state index contributed by atoms with van der Waals surface area (Å²) in [5, 5.41) is 0. The first-order valence-electron chi connectivity index (χ1n) is 4.88. The summed E-state index contributed by atoms with van der Waals surface area (Å²) in [5.41, 5.74) is 6.42. The lowest BCUT2D eigenvalue weighted by atomic mass is 10.2. The Morgan fingerprint density at radius 3 is 2.75 bits per heavy atom. The van der Waals surface area contributed by atoms with Gasteiger partial charge in [-0.25, -0.2) is 0 Å². The van der Waals surface area contributed by atoms with Crippen LogP contribution in [0, 0.1) is 0 Å². The van der Waals surface area contributed by atoms with Crippen LogP contribution in [-0.4, -0.2) is 37.1 Å². The fourth-order valence-corrected chi connectivity index (χ4v) is 2.11. The highest BCUT2D eigenvalue weighted by Crippen LogP contribution is 2.26. The molecule has 1 aromatic carbocycles. The van der Waals surface area contributed by atoms with Gasteiger partial charge < -0.3 is 15.4 Å². The molecular formula is C11H15BrN2OS. The summed E-state index contributed by atoms with van der Waals surface area (Å²) in [4.78, 5) is 2.39. The number of nitrogens with two attached hydrogens (primary N) is 1. The fraction of sp³-hybridized carbons (Fsp3) is 0.364. The Kier molecular flexibility index (Phi) is 5.18. The van der Waals surface area contributed by atoms with Crippen LogP contribution < -0.4 is 10.5 Å². The van der Waals surface area contributed by atoms with Crippen LogP contribution >= 0.6 is 28.1 Å². The van der Waals surface area contributed by atoms with Gasteiger partial charge in [0.15, 0.2) is 0 Å². The van der Waals surface area contributed by atoms with Crippen molar-refractivity contribution < 1.29 is 4.74 Å². The van der Waals surface area contributed by atoms with Crippen LogP contribution in [0.5, 0.6) is 5.75 Å². The Morgan fingerprint density at radius 1 is 1.50 bits per heavy atom. The molecule has 0 saturated carbocycles. The van der Waals surface area contributed by atoms with E-state index in [2.05, 4.69) is 20.8 Å². The number of halogens is 1. The second-order valence-electron chi connectivity index (χ2n) is 3.63. The second-order valence-corrected chi connectivity index (χ2v) is 4.92. The smallest absolute Gasteiger partial charge is 0.130 e. The van der Waals surface area contributed by atoms with E-state index in [9.17, 15) is 0 Å². The van der Waals surface area contributed by atoms with Gasteiger partial charge in [0.25, 0.3) is 0 Å². The monoisotopic (exact) mass is 302 g/mol. The number of nitrogens with zero attached hydrogens (tertiary/aromatic N) is 1. The minimum atomic E-state index is 0.340. The number of thiocarbonyl (C=S) groups is 1. The third-order valence-corrected chi connectivity index (χ3v) is 2.88. The van der Waals surface area contributed by atoms with Gasteiger partial charge in [0, 0.05) is 11.0 Å². The van der Waals surface area contributed by atoms with Gasteiger partial charge in [-0.1, -0.05) is 18.3 Å². The van der Waals surface area contributed by atoms with E-state index in [4.69, 9.17) is 22.7 Å². The van der Waals surface area contributed by atoms with Crippen molar-refractivity contribution in [2.45, 2.75) is 0 Å². The lowest BCUT2D eigenvalue weighted by Crippen LogP contribution is -2.20. The standard InChI is InChI=1S/C11H15BrN2OS/c1-14(2)6-7-15-9-5-3-4-8(12)10(9)11(13)16/h3-5H,6-7H2,1-2H3,(H2,13,16). The van der Waals surface area contributed by atoms with Gasteiger partial charge in [-0.2, -0.15) is 0 Å². The maximum atomic E-state index is 5.66. The summed E-state index contributed by atoms with van der Waals surface area (Å²) in [5.74, 6) is 0.726. The van der Waals surface area contributed by atoms with Crippen molar-refractivity contribution in [2.24, 2.45) is 5.73 Å². The number of hydrogen-bond acceptors (Lipinski definition) is 3. The van der Waals surface area contributed by atoms with E-state index in [1.165, 1.54) is 0 Å². The van der Waals surface area contributed by atoms with Crippen LogP contribution in [0.3, 0.4) is 0 Å². The Labute approximate surface area is 110 Å². The van der Waals surface area contributed by atoms with E-state index >= 15 is 0 Å². The predicted molar refractivity (Wildman–Crippen MR) is 74.1 cm³/mol. The van der Waals surface area contributed by atoms with Crippen LogP contribution in [0.2, 0.25) is 0 Å². The number of likely N-dealkylation sites (N-methyl/N-ethyl adjacent to an activating group) is 1. The van der Waals surface area contributed by atoms with Crippen LogP contribution in [0.4, 0.5) is 0 Å². The molecule has 1 rings (SSSR count). The molecule has 0 aliphatic heterocycles. The van der Waals surface area contributed by atoms with Crippen LogP contribution in [0.1, 0.15) is 5.56 Å². The maximum absolute atomic E-state index is 5.66. The Morgan fingerprint density at radius 2 is 2.19 bits per heavy atom. The summed E-state index contributed by atoms with van der Waals surface area (Å²) < 4.78 is 6.51. The number of hydrogen-bond donors (Lipinski definition) is 1. The Hall–Kier alpha value is -0.650. The minimum absolute atomic E-state index is 0.340. The molecule has 0 unspecified atom stereocenters. The fourth-order valence-electron chi connectivity index (χ4n) is 1.20. The molecule has 2 N–H and O–H groups in total. The van der Waals surface area contributed by atoms with Crippen LogP contribution in [0.25, 0.3) is 0 Å². The molecule has 0 bridgehead atoms. The molecule has 0 spiro atoms. The van der Waals surface area contributed by atoms with Gasteiger partial charge in [0.1, 0.15) is 17.3 Å². The maximum Gasteiger partial charge on any atom is 0.130 e. The molecule has 0 amide bonds. The molecule has 88 valence electrons. The van der Waals surface area contributed by atoms with E-state index in [1.807, 2.05) is 32.3 Å². The topological polar surface area (TPSA) is 38.5 Å². The quantitative estimate of drug-likeness (QED) is 0.845. The molecule has 0 radical (unpaired) electrons. The second kappa shape index (κ2) is 6.18. The number of rotatable bonds is 5. The average Bonchev–Trinajstić information content (AvgIpc) is 2.16. The highest BCUT2D eigenvalue weighted by atomic mass is 79.9. The van der Waals surface area contributed by atoms with Crippen molar-refractivity contribution in [1.82, 2.24) is 4.90 Å². The van der Waals surface area contributed by atoms with Gasteiger partial charge in [-0.15, -0.1) is 0 Å². The van der Waals surface area contributed by atoms with Gasteiger partial charge in [-0.05, 0) is 42.2 Å². The van der Waals surface area contributed by atoms with Crippen LogP contribution in [-0.2, 0) is 0 Å². The van der Waals surface area contributed by atoms with Gasteiger partial charge in [0.2, 0.25) is 0 Å². The first-order chi connectivity index (χ1) is 7.52. The lowest BCUT2D eigenvalue weighted by molar-refractivity contribution is 0.261. The highest BCUT2D eigenvalue weighted by Gasteiger charge is 2.10. The molecule has 3 nitrogen and oxygen atoms in total. The molecule has 0 aliphatic rings. The Balaban J connectivity index is 2.79. The van der Waals surface area contributed by atoms with Crippen molar-refractivity contribution in [3.8, 4) is 5.75 Å². The van der Waals surface area contributed by atoms with Crippen molar-refractivity contribution in [3.05, 3.63) is 28.2 Å². The molecule has 0 saturated heterocycles. The average molecular weight is 303 g/mol. The van der Waals surface area contributed by atoms with Gasteiger partial charge in [-0.3, -0.25) is 0 Å². The first-order valence-corrected chi connectivity index (χ1v) is 6.08.